The van der Waals surface area contributed by atoms with Crippen molar-refractivity contribution < 1.29 is 4.79 Å². The van der Waals surface area contributed by atoms with Crippen molar-refractivity contribution >= 4 is 25.8 Å². The van der Waals surface area contributed by atoms with E-state index >= 15 is 0 Å². The van der Waals surface area contributed by atoms with Crippen LogP contribution < -0.4 is 0 Å². The summed E-state index contributed by atoms with van der Waals surface area (Å²) in [6.45, 7) is 0. The predicted molar refractivity (Wildman–Crippen MR) is 60.0 cm³/mol. The third-order valence-corrected chi connectivity index (χ3v) is 2.54. The summed E-state index contributed by atoms with van der Waals surface area (Å²) in [5, 5.41) is 0. The molecule has 0 N–H and O–H groups in total. The third-order valence-electron chi connectivity index (χ3n) is 2.54. The number of carbonyl (C=O) groups excluding carboxylic acids is 1. The van der Waals surface area contributed by atoms with Crippen molar-refractivity contribution in [2.45, 2.75) is 12.3 Å². The summed E-state index contributed by atoms with van der Waals surface area (Å²) < 4.78 is 0. The number of rotatable bonds is 3. The molecule has 1 aromatic carbocycles. The first-order valence-electron chi connectivity index (χ1n) is 4.66. The molecule has 0 heterocycles. The van der Waals surface area contributed by atoms with Crippen molar-refractivity contribution in [3.63, 3.8) is 0 Å². The SMILES string of the molecule is [B]=CCC1C=Cc2cc(C=O)ccc21. The second-order valence-corrected chi connectivity index (χ2v) is 3.44. The summed E-state index contributed by atoms with van der Waals surface area (Å²) >= 11 is 0. The number of benzene rings is 1. The van der Waals surface area contributed by atoms with E-state index in [1.54, 1.807) is 5.97 Å². The van der Waals surface area contributed by atoms with Crippen LogP contribution in [-0.4, -0.2) is 19.7 Å². The van der Waals surface area contributed by atoms with Gasteiger partial charge in [-0.05, 0) is 0 Å². The summed E-state index contributed by atoms with van der Waals surface area (Å²) in [4.78, 5) is 10.6. The summed E-state index contributed by atoms with van der Waals surface area (Å²) in [5.41, 5.74) is 3.13. The quantitative estimate of drug-likeness (QED) is 0.514. The Hall–Kier alpha value is -1.44. The Labute approximate surface area is 84.5 Å². The molecular formula is C12H10BO. The van der Waals surface area contributed by atoms with Crippen molar-refractivity contribution in [1.29, 1.82) is 0 Å². The molecule has 1 nitrogen and oxygen atoms in total. The molecular weight excluding hydrogens is 171 g/mol. The summed E-state index contributed by atoms with van der Waals surface area (Å²) in [6.07, 6.45) is 5.90. The molecule has 67 valence electrons. The van der Waals surface area contributed by atoms with E-state index in [2.05, 4.69) is 12.2 Å². The first-order valence-corrected chi connectivity index (χ1v) is 4.66. The number of hydrogen-bond donors (Lipinski definition) is 0. The Bertz CT molecular complexity index is 407. The molecule has 1 aliphatic rings. The molecule has 0 spiro atoms. The van der Waals surface area contributed by atoms with Gasteiger partial charge in [-0.25, -0.2) is 0 Å². The van der Waals surface area contributed by atoms with Gasteiger partial charge in [0.15, 0.2) is 0 Å². The van der Waals surface area contributed by atoms with Crippen LogP contribution in [0.2, 0.25) is 0 Å². The molecule has 1 atom stereocenters. The fourth-order valence-corrected chi connectivity index (χ4v) is 1.82. The number of allylic oxidation sites excluding steroid dienone is 1. The molecule has 1 aromatic rings. The van der Waals surface area contributed by atoms with Crippen molar-refractivity contribution in [1.82, 2.24) is 0 Å². The van der Waals surface area contributed by atoms with Crippen LogP contribution in [0.25, 0.3) is 6.08 Å². The number of aldehydes is 1. The number of hydrogen-bond acceptors (Lipinski definition) is 1. The summed E-state index contributed by atoms with van der Waals surface area (Å²) in [6, 6.07) is 5.77. The fourth-order valence-electron chi connectivity index (χ4n) is 1.82. The van der Waals surface area contributed by atoms with Crippen LogP contribution in [0.1, 0.15) is 33.8 Å². The predicted octanol–water partition coefficient (Wildman–Crippen LogP) is 1.97. The van der Waals surface area contributed by atoms with E-state index in [4.69, 9.17) is 7.49 Å². The Morgan fingerprint density at radius 2 is 2.29 bits per heavy atom. The zero-order valence-corrected chi connectivity index (χ0v) is 7.81. The van der Waals surface area contributed by atoms with Crippen LogP contribution in [0, 0.1) is 0 Å². The normalized spacial score (nSPS) is 17.8. The molecule has 1 unspecified atom stereocenters. The molecule has 1 radical (unpaired) electrons. The molecule has 0 fully saturated rings. The Kier molecular flexibility index (Phi) is 2.44. The van der Waals surface area contributed by atoms with Gasteiger partial charge in [-0.1, -0.05) is 0 Å². The van der Waals surface area contributed by atoms with Crippen LogP contribution >= 0.6 is 0 Å². The Morgan fingerprint density at radius 1 is 1.43 bits per heavy atom. The Morgan fingerprint density at radius 3 is 3.00 bits per heavy atom. The van der Waals surface area contributed by atoms with Crippen molar-refractivity contribution in [2.24, 2.45) is 0 Å². The molecule has 2 rings (SSSR count). The van der Waals surface area contributed by atoms with Crippen LogP contribution in [0.3, 0.4) is 0 Å². The average Bonchev–Trinajstić information content (AvgIpc) is 2.61. The molecule has 0 saturated heterocycles. The molecule has 0 bridgehead atoms. The van der Waals surface area contributed by atoms with Gasteiger partial charge in [0, 0.05) is 0 Å². The van der Waals surface area contributed by atoms with E-state index in [9.17, 15) is 4.79 Å². The van der Waals surface area contributed by atoms with E-state index < -0.39 is 0 Å². The van der Waals surface area contributed by atoms with Gasteiger partial charge in [-0.3, -0.25) is 0 Å². The first kappa shape index (κ1) is 9.13. The van der Waals surface area contributed by atoms with Gasteiger partial charge >= 0.3 is 83.9 Å². The molecule has 0 aromatic heterocycles. The van der Waals surface area contributed by atoms with Gasteiger partial charge in [0.2, 0.25) is 0 Å². The van der Waals surface area contributed by atoms with Gasteiger partial charge in [-0.15, -0.1) is 0 Å². The summed E-state index contributed by atoms with van der Waals surface area (Å²) in [5.74, 6) is 2.06. The molecule has 14 heavy (non-hydrogen) atoms. The maximum atomic E-state index is 10.6. The van der Waals surface area contributed by atoms with Crippen molar-refractivity contribution in [3.8, 4) is 0 Å². The molecule has 1 aliphatic carbocycles. The van der Waals surface area contributed by atoms with Crippen LogP contribution in [-0.2, 0) is 0 Å². The van der Waals surface area contributed by atoms with Crippen molar-refractivity contribution in [2.75, 3.05) is 0 Å². The van der Waals surface area contributed by atoms with Crippen LogP contribution in [0.15, 0.2) is 24.3 Å². The molecule has 0 aliphatic heterocycles. The average molecular weight is 181 g/mol. The first-order chi connectivity index (χ1) is 6.85. The van der Waals surface area contributed by atoms with E-state index in [1.807, 2.05) is 18.2 Å². The monoisotopic (exact) mass is 181 g/mol. The summed E-state index contributed by atoms with van der Waals surface area (Å²) in [7, 11) is 5.41. The standard InChI is InChI=1S/C12H10BO/c13-6-5-10-2-3-11-7-9(8-14)1-4-12(10)11/h1-4,6-8,10H,5H2. The van der Waals surface area contributed by atoms with Crippen LogP contribution in [0.5, 0.6) is 0 Å². The molecule has 2 heteroatoms. The number of carbonyl (C=O) groups is 1. The zero-order valence-electron chi connectivity index (χ0n) is 7.81. The van der Waals surface area contributed by atoms with E-state index in [-0.39, 0.29) is 0 Å². The van der Waals surface area contributed by atoms with Gasteiger partial charge in [0.1, 0.15) is 0 Å². The fraction of sp³-hybridized carbons (Fsp3) is 0.167. The number of fused-ring (bicyclic) bond motifs is 1. The van der Waals surface area contributed by atoms with Gasteiger partial charge < -0.3 is 0 Å². The molecule has 0 saturated carbocycles. The second-order valence-electron chi connectivity index (χ2n) is 3.44. The van der Waals surface area contributed by atoms with Gasteiger partial charge in [-0.2, -0.15) is 0 Å². The topological polar surface area (TPSA) is 17.1 Å². The third kappa shape index (κ3) is 1.48. The van der Waals surface area contributed by atoms with E-state index in [0.717, 1.165) is 23.8 Å². The van der Waals surface area contributed by atoms with E-state index in [1.165, 1.54) is 5.56 Å². The maximum absolute atomic E-state index is 10.6. The Balaban J connectivity index is 2.37. The second kappa shape index (κ2) is 3.75. The minimum absolute atomic E-state index is 0.385. The van der Waals surface area contributed by atoms with Crippen molar-refractivity contribution in [3.05, 3.63) is 41.0 Å². The zero-order chi connectivity index (χ0) is 9.97. The van der Waals surface area contributed by atoms with Gasteiger partial charge in [0.05, 0.1) is 0 Å². The van der Waals surface area contributed by atoms with E-state index in [0.29, 0.717) is 5.92 Å². The van der Waals surface area contributed by atoms with Crippen LogP contribution in [0.4, 0.5) is 0 Å². The van der Waals surface area contributed by atoms with Gasteiger partial charge in [0.25, 0.3) is 0 Å². The minimum atomic E-state index is 0.385. The molecule has 0 amide bonds.